The van der Waals surface area contributed by atoms with Crippen molar-refractivity contribution in [2.45, 2.75) is 24.0 Å². The molecular formula is C23H23Cl2F3N4O5S. The Labute approximate surface area is 226 Å². The summed E-state index contributed by atoms with van der Waals surface area (Å²) in [7, 11) is -4.75. The van der Waals surface area contributed by atoms with Crippen LogP contribution in [0.15, 0.2) is 52.4 Å². The molecule has 0 aliphatic carbocycles. The molecule has 3 rings (SSSR count). The Bertz CT molecular complexity index is 1300. The highest BCUT2D eigenvalue weighted by atomic mass is 35.5. The predicted molar refractivity (Wildman–Crippen MR) is 135 cm³/mol. The van der Waals surface area contributed by atoms with E-state index in [1.165, 1.54) is 18.2 Å². The first-order valence-electron chi connectivity index (χ1n) is 11.2. The molecule has 1 amide bonds. The Balaban J connectivity index is 1.57. The molecule has 15 heteroatoms. The number of alkyl halides is 3. The fraction of sp³-hybridized carbons (Fsp3) is 0.348. The number of nitrogens with zero attached hydrogens (tertiary/aromatic N) is 3. The van der Waals surface area contributed by atoms with Gasteiger partial charge in [0.2, 0.25) is 10.0 Å². The largest absolute Gasteiger partial charge is 0.465 e. The first-order chi connectivity index (χ1) is 17.8. The number of amides is 1. The maximum absolute atomic E-state index is 13.1. The highest BCUT2D eigenvalue weighted by molar-refractivity contribution is 7.89. The number of rotatable bonds is 11. The Morgan fingerprint density at radius 1 is 1.11 bits per heavy atom. The lowest BCUT2D eigenvalue weighted by atomic mass is 10.1. The quantitative estimate of drug-likeness (QED) is 0.405. The van der Waals surface area contributed by atoms with Crippen molar-refractivity contribution in [3.63, 3.8) is 0 Å². The number of aliphatic imine (C=N–C) groups is 1. The van der Waals surface area contributed by atoms with Crippen LogP contribution in [0.1, 0.15) is 17.5 Å². The van der Waals surface area contributed by atoms with Gasteiger partial charge in [0, 0.05) is 25.1 Å². The van der Waals surface area contributed by atoms with Gasteiger partial charge in [-0.05, 0) is 17.7 Å². The number of carboxylic acid groups (broad SMARTS) is 1. The number of hydrogen-bond acceptors (Lipinski definition) is 6. The molecule has 1 aliphatic heterocycles. The van der Waals surface area contributed by atoms with Crippen molar-refractivity contribution in [2.24, 2.45) is 4.99 Å². The zero-order valence-electron chi connectivity index (χ0n) is 19.7. The van der Waals surface area contributed by atoms with Crippen molar-refractivity contribution in [2.75, 3.05) is 32.7 Å². The number of halogens is 5. The van der Waals surface area contributed by atoms with Crippen LogP contribution in [0, 0.1) is 0 Å². The molecule has 0 fully saturated rings. The first-order valence-corrected chi connectivity index (χ1v) is 13.4. The van der Waals surface area contributed by atoms with Gasteiger partial charge in [0.15, 0.2) is 0 Å². The zero-order chi connectivity index (χ0) is 28.1. The molecule has 0 saturated carbocycles. The van der Waals surface area contributed by atoms with Crippen LogP contribution in [0.2, 0.25) is 10.0 Å². The van der Waals surface area contributed by atoms with Crippen molar-refractivity contribution in [3.05, 3.63) is 63.6 Å². The van der Waals surface area contributed by atoms with E-state index in [4.69, 9.17) is 23.2 Å². The number of carbonyl (C=O) groups is 2. The summed E-state index contributed by atoms with van der Waals surface area (Å²) < 4.78 is 65.4. The van der Waals surface area contributed by atoms with E-state index in [0.29, 0.717) is 17.9 Å². The fourth-order valence-corrected chi connectivity index (χ4v) is 6.20. The van der Waals surface area contributed by atoms with Crippen LogP contribution in [0.25, 0.3) is 0 Å². The molecule has 0 bridgehead atoms. The van der Waals surface area contributed by atoms with Crippen LogP contribution in [-0.4, -0.2) is 79.3 Å². The molecule has 0 atom stereocenters. The van der Waals surface area contributed by atoms with E-state index in [0.717, 1.165) is 10.5 Å². The maximum atomic E-state index is 13.1. The van der Waals surface area contributed by atoms with Crippen LogP contribution in [0.3, 0.4) is 0 Å². The van der Waals surface area contributed by atoms with Crippen LogP contribution in [0.5, 0.6) is 0 Å². The van der Waals surface area contributed by atoms with Gasteiger partial charge in [-0.25, -0.2) is 13.2 Å². The van der Waals surface area contributed by atoms with Crippen LogP contribution in [-0.2, 0) is 21.4 Å². The van der Waals surface area contributed by atoms with E-state index in [-0.39, 0.29) is 34.0 Å². The topological polar surface area (TPSA) is 119 Å². The summed E-state index contributed by atoms with van der Waals surface area (Å²) in [5.41, 5.74) is 1.38. The van der Waals surface area contributed by atoms with Crippen LogP contribution >= 0.6 is 23.2 Å². The Morgan fingerprint density at radius 3 is 2.32 bits per heavy atom. The van der Waals surface area contributed by atoms with Gasteiger partial charge in [-0.1, -0.05) is 53.5 Å². The Kier molecular flexibility index (Phi) is 9.76. The molecule has 0 unspecified atom stereocenters. The van der Waals surface area contributed by atoms with E-state index < -0.39 is 52.5 Å². The normalized spacial score (nSPS) is 14.2. The molecule has 2 aromatic carbocycles. The van der Waals surface area contributed by atoms with Gasteiger partial charge < -0.3 is 10.4 Å². The van der Waals surface area contributed by atoms with Gasteiger partial charge in [0.05, 0.1) is 29.7 Å². The number of carbonyl (C=O) groups excluding carboxylic acids is 1. The zero-order valence-corrected chi connectivity index (χ0v) is 22.0. The summed E-state index contributed by atoms with van der Waals surface area (Å²) >= 11 is 11.8. The molecule has 0 saturated heterocycles. The summed E-state index contributed by atoms with van der Waals surface area (Å²) in [6.07, 6.45) is -6.43. The smallest absolute Gasteiger partial charge is 0.413 e. The second-order valence-corrected chi connectivity index (χ2v) is 10.9. The van der Waals surface area contributed by atoms with Crippen LogP contribution < -0.4 is 5.32 Å². The monoisotopic (exact) mass is 594 g/mol. The molecular weight excluding hydrogens is 572 g/mol. The molecule has 38 heavy (non-hydrogen) atoms. The molecule has 2 aromatic rings. The number of amidine groups is 1. The Morgan fingerprint density at radius 2 is 1.74 bits per heavy atom. The molecule has 9 nitrogen and oxygen atoms in total. The summed E-state index contributed by atoms with van der Waals surface area (Å²) in [5.74, 6) is -0.157. The number of ketones is 1. The third kappa shape index (κ3) is 7.67. The van der Waals surface area contributed by atoms with Crippen molar-refractivity contribution in [3.8, 4) is 0 Å². The lowest BCUT2D eigenvalue weighted by molar-refractivity contribution is -0.137. The van der Waals surface area contributed by atoms with E-state index in [1.807, 2.05) is 0 Å². The third-order valence-electron chi connectivity index (χ3n) is 5.45. The summed E-state index contributed by atoms with van der Waals surface area (Å²) in [6, 6.07) is 10.6. The summed E-state index contributed by atoms with van der Waals surface area (Å²) in [5, 5.41) is 11.4. The number of benzene rings is 2. The number of nitrogens with one attached hydrogen (secondary N) is 1. The molecule has 2 N–H and O–H groups in total. The van der Waals surface area contributed by atoms with E-state index >= 15 is 0 Å². The SMILES string of the molecule is O=C(CCN(CC(F)(F)F)S(=O)(=O)c1c(Cl)cccc1Cl)CNCc1ccc(C2=NCCN2C(=O)O)cc1. The van der Waals surface area contributed by atoms with Gasteiger partial charge in [-0.2, -0.15) is 17.5 Å². The summed E-state index contributed by atoms with van der Waals surface area (Å²) in [4.78, 5) is 28.3. The highest BCUT2D eigenvalue weighted by Crippen LogP contribution is 2.33. The van der Waals surface area contributed by atoms with Gasteiger partial charge in [0.1, 0.15) is 23.1 Å². The van der Waals surface area contributed by atoms with E-state index in [2.05, 4.69) is 10.3 Å². The standard InChI is InChI=1S/C23H23Cl2F3N4O5S/c24-18-2-1-3-19(25)20(18)38(36,37)31(14-23(26,27)28)10-8-17(33)13-29-12-15-4-6-16(7-5-15)21-30-9-11-32(21)22(34)35/h1-7,29H,8-14H2,(H,34,35). The van der Waals surface area contributed by atoms with Gasteiger partial charge in [-0.3, -0.25) is 14.7 Å². The summed E-state index contributed by atoms with van der Waals surface area (Å²) in [6.45, 7) is -1.85. The average Bonchev–Trinajstić information content (AvgIpc) is 3.32. The second-order valence-electron chi connectivity index (χ2n) is 8.23. The molecule has 0 radical (unpaired) electrons. The minimum absolute atomic E-state index is 0.142. The second kappa shape index (κ2) is 12.4. The average molecular weight is 595 g/mol. The lowest BCUT2D eigenvalue weighted by Crippen LogP contribution is -2.41. The maximum Gasteiger partial charge on any atom is 0.413 e. The first kappa shape index (κ1) is 29.8. The van der Waals surface area contributed by atoms with Gasteiger partial charge >= 0.3 is 12.3 Å². The predicted octanol–water partition coefficient (Wildman–Crippen LogP) is 4.04. The van der Waals surface area contributed by atoms with E-state index in [9.17, 15) is 36.3 Å². The molecule has 0 spiro atoms. The molecule has 1 heterocycles. The lowest BCUT2D eigenvalue weighted by Gasteiger charge is -2.24. The van der Waals surface area contributed by atoms with Crippen molar-refractivity contribution in [1.82, 2.24) is 14.5 Å². The number of sulfonamides is 1. The van der Waals surface area contributed by atoms with E-state index in [1.54, 1.807) is 24.3 Å². The van der Waals surface area contributed by atoms with Crippen molar-refractivity contribution < 1.29 is 36.3 Å². The van der Waals surface area contributed by atoms with Crippen LogP contribution in [0.4, 0.5) is 18.0 Å². The van der Waals surface area contributed by atoms with Crippen molar-refractivity contribution in [1.29, 1.82) is 0 Å². The Hall–Kier alpha value is -2.71. The minimum atomic E-state index is -4.86. The highest BCUT2D eigenvalue weighted by Gasteiger charge is 2.38. The third-order valence-corrected chi connectivity index (χ3v) is 8.25. The molecule has 0 aromatic heterocycles. The fourth-order valence-electron chi connectivity index (χ4n) is 3.68. The molecule has 206 valence electrons. The number of hydrogen-bond donors (Lipinski definition) is 2. The molecule has 1 aliphatic rings. The van der Waals surface area contributed by atoms with Gasteiger partial charge in [-0.15, -0.1) is 0 Å². The van der Waals surface area contributed by atoms with Gasteiger partial charge in [0.25, 0.3) is 0 Å². The van der Waals surface area contributed by atoms with Crippen molar-refractivity contribution >= 4 is 50.9 Å². The minimum Gasteiger partial charge on any atom is -0.465 e. The number of Topliss-reactive ketones (excluding diaryl/α,β-unsaturated/α-hetero) is 1.